The van der Waals surface area contributed by atoms with Gasteiger partial charge >= 0.3 is 0 Å². The first-order chi connectivity index (χ1) is 10.0. The summed E-state index contributed by atoms with van der Waals surface area (Å²) in [6.07, 6.45) is 5.29. The van der Waals surface area contributed by atoms with Gasteiger partial charge in [0, 0.05) is 16.7 Å². The summed E-state index contributed by atoms with van der Waals surface area (Å²) in [5.41, 5.74) is 1.11. The third-order valence-electron chi connectivity index (χ3n) is 4.07. The third kappa shape index (κ3) is 5.63. The molecular weight excluding hydrogens is 281 g/mol. The Hall–Kier alpha value is -0.540. The average molecular weight is 309 g/mol. The summed E-state index contributed by atoms with van der Waals surface area (Å²) >= 11 is 1.96. The molecule has 0 amide bonds. The second-order valence-electron chi connectivity index (χ2n) is 6.79. The van der Waals surface area contributed by atoms with Crippen LogP contribution in [0.1, 0.15) is 52.0 Å². The van der Waals surface area contributed by atoms with E-state index < -0.39 is 0 Å². The van der Waals surface area contributed by atoms with Crippen molar-refractivity contribution in [2.45, 2.75) is 63.1 Å². The molecular formula is C18H28FNS. The van der Waals surface area contributed by atoms with Crippen molar-refractivity contribution >= 4 is 11.8 Å². The third-order valence-corrected chi connectivity index (χ3v) is 5.49. The summed E-state index contributed by atoms with van der Waals surface area (Å²) in [6.45, 7) is 8.47. The summed E-state index contributed by atoms with van der Waals surface area (Å²) < 4.78 is 13.5. The number of halogens is 1. The molecule has 1 nitrogen and oxygen atoms in total. The van der Waals surface area contributed by atoms with Crippen LogP contribution in [0.2, 0.25) is 0 Å². The van der Waals surface area contributed by atoms with Gasteiger partial charge in [-0.15, -0.1) is 11.8 Å². The van der Waals surface area contributed by atoms with Crippen molar-refractivity contribution in [3.63, 3.8) is 0 Å². The molecule has 1 aliphatic rings. The summed E-state index contributed by atoms with van der Waals surface area (Å²) in [5, 5.41) is 4.13. The lowest BCUT2D eigenvalue weighted by molar-refractivity contribution is 0.394. The highest BCUT2D eigenvalue weighted by Gasteiger charge is 2.20. The minimum atomic E-state index is -0.127. The molecule has 0 saturated heterocycles. The van der Waals surface area contributed by atoms with Gasteiger partial charge in [0.25, 0.3) is 0 Å². The average Bonchev–Trinajstić information content (AvgIpc) is 2.41. The first-order valence-corrected chi connectivity index (χ1v) is 9.08. The van der Waals surface area contributed by atoms with Crippen molar-refractivity contribution in [1.29, 1.82) is 0 Å². The quantitative estimate of drug-likeness (QED) is 0.771. The molecule has 2 rings (SSSR count). The molecule has 1 fully saturated rings. The minimum Gasteiger partial charge on any atom is -0.312 e. The van der Waals surface area contributed by atoms with Crippen molar-refractivity contribution in [3.8, 4) is 0 Å². The van der Waals surface area contributed by atoms with Gasteiger partial charge < -0.3 is 5.32 Å². The highest BCUT2D eigenvalue weighted by Crippen LogP contribution is 2.37. The van der Waals surface area contributed by atoms with Crippen LogP contribution < -0.4 is 5.32 Å². The molecule has 0 bridgehead atoms. The Labute approximate surface area is 133 Å². The highest BCUT2D eigenvalue weighted by atomic mass is 32.2. The summed E-state index contributed by atoms with van der Waals surface area (Å²) in [6, 6.07) is 5.26. The molecule has 1 aromatic carbocycles. The smallest absolute Gasteiger partial charge is 0.123 e. The second-order valence-corrected chi connectivity index (χ2v) is 8.13. The molecule has 2 unspecified atom stereocenters. The maximum Gasteiger partial charge on any atom is 0.123 e. The Morgan fingerprint density at radius 3 is 2.86 bits per heavy atom. The van der Waals surface area contributed by atoms with Gasteiger partial charge in [-0.2, -0.15) is 0 Å². The van der Waals surface area contributed by atoms with E-state index in [0.717, 1.165) is 24.6 Å². The molecule has 0 radical (unpaired) electrons. The minimum absolute atomic E-state index is 0.127. The first-order valence-electron chi connectivity index (χ1n) is 8.20. The van der Waals surface area contributed by atoms with Crippen molar-refractivity contribution in [2.24, 2.45) is 11.8 Å². The SMILES string of the molecule is CC(C)CNCc1cc(F)ccc1SC1CCCC(C)C1. The molecule has 1 N–H and O–H groups in total. The van der Waals surface area contributed by atoms with Crippen molar-refractivity contribution in [2.75, 3.05) is 6.54 Å². The second kappa shape index (κ2) is 8.19. The Balaban J connectivity index is 2.00. The van der Waals surface area contributed by atoms with Gasteiger partial charge in [-0.3, -0.25) is 0 Å². The maximum atomic E-state index is 13.5. The predicted molar refractivity (Wildman–Crippen MR) is 90.2 cm³/mol. The van der Waals surface area contributed by atoms with E-state index in [4.69, 9.17) is 0 Å². The van der Waals surface area contributed by atoms with Crippen LogP contribution in [0.5, 0.6) is 0 Å². The summed E-state index contributed by atoms with van der Waals surface area (Å²) in [5.74, 6) is 1.32. The number of nitrogens with one attached hydrogen (secondary N) is 1. The maximum absolute atomic E-state index is 13.5. The zero-order valence-corrected chi connectivity index (χ0v) is 14.3. The van der Waals surface area contributed by atoms with Crippen LogP contribution in [-0.2, 0) is 6.54 Å². The Morgan fingerprint density at radius 2 is 2.14 bits per heavy atom. The Morgan fingerprint density at radius 1 is 1.33 bits per heavy atom. The van der Waals surface area contributed by atoms with Crippen LogP contribution in [0.15, 0.2) is 23.1 Å². The normalized spacial score (nSPS) is 22.7. The molecule has 2 atom stereocenters. The topological polar surface area (TPSA) is 12.0 Å². The van der Waals surface area contributed by atoms with E-state index in [2.05, 4.69) is 26.1 Å². The van der Waals surface area contributed by atoms with Gasteiger partial charge in [0.05, 0.1) is 0 Å². The monoisotopic (exact) mass is 309 g/mol. The standard InChI is InChI=1S/C18H28FNS/c1-13(2)11-20-12-15-10-16(19)7-8-18(15)21-17-6-4-5-14(3)9-17/h7-8,10,13-14,17,20H,4-6,9,11-12H2,1-3H3. The van der Waals surface area contributed by atoms with E-state index in [0.29, 0.717) is 11.2 Å². The number of hydrogen-bond acceptors (Lipinski definition) is 2. The van der Waals surface area contributed by atoms with E-state index in [1.165, 1.54) is 30.6 Å². The van der Waals surface area contributed by atoms with Crippen LogP contribution >= 0.6 is 11.8 Å². The van der Waals surface area contributed by atoms with Gasteiger partial charge in [-0.1, -0.05) is 33.6 Å². The lowest BCUT2D eigenvalue weighted by Crippen LogP contribution is -2.20. The van der Waals surface area contributed by atoms with Gasteiger partial charge in [0.15, 0.2) is 0 Å². The zero-order valence-electron chi connectivity index (χ0n) is 13.5. The summed E-state index contributed by atoms with van der Waals surface area (Å²) in [7, 11) is 0. The van der Waals surface area contributed by atoms with Crippen LogP contribution in [0.4, 0.5) is 4.39 Å². The fourth-order valence-corrected chi connectivity index (χ4v) is 4.46. The van der Waals surface area contributed by atoms with Gasteiger partial charge in [-0.05, 0) is 55.0 Å². The molecule has 3 heteroatoms. The van der Waals surface area contributed by atoms with Crippen LogP contribution in [0, 0.1) is 17.7 Å². The van der Waals surface area contributed by atoms with E-state index in [1.807, 2.05) is 17.8 Å². The van der Waals surface area contributed by atoms with Crippen LogP contribution in [0.3, 0.4) is 0 Å². The molecule has 1 aliphatic carbocycles. The first kappa shape index (κ1) is 16.8. The molecule has 0 aliphatic heterocycles. The van der Waals surface area contributed by atoms with E-state index >= 15 is 0 Å². The lowest BCUT2D eigenvalue weighted by atomic mass is 9.91. The van der Waals surface area contributed by atoms with E-state index in [1.54, 1.807) is 12.1 Å². The van der Waals surface area contributed by atoms with Gasteiger partial charge in [-0.25, -0.2) is 4.39 Å². The number of rotatable bonds is 6. The van der Waals surface area contributed by atoms with Crippen LogP contribution in [0.25, 0.3) is 0 Å². The van der Waals surface area contributed by atoms with E-state index in [-0.39, 0.29) is 5.82 Å². The molecule has 0 aromatic heterocycles. The summed E-state index contributed by atoms with van der Waals surface area (Å²) in [4.78, 5) is 1.26. The highest BCUT2D eigenvalue weighted by molar-refractivity contribution is 8.00. The van der Waals surface area contributed by atoms with E-state index in [9.17, 15) is 4.39 Å². The molecule has 118 valence electrons. The lowest BCUT2D eigenvalue weighted by Gasteiger charge is -2.27. The number of thioether (sulfide) groups is 1. The van der Waals surface area contributed by atoms with Crippen molar-refractivity contribution in [1.82, 2.24) is 5.32 Å². The number of benzene rings is 1. The Kier molecular flexibility index (Phi) is 6.56. The van der Waals surface area contributed by atoms with Crippen molar-refractivity contribution < 1.29 is 4.39 Å². The molecule has 1 aromatic rings. The Bertz CT molecular complexity index is 447. The fourth-order valence-electron chi connectivity index (χ4n) is 2.96. The predicted octanol–water partition coefficient (Wildman–Crippen LogP) is 5.24. The number of hydrogen-bond donors (Lipinski definition) is 1. The molecule has 1 saturated carbocycles. The molecule has 0 spiro atoms. The van der Waals surface area contributed by atoms with Gasteiger partial charge in [0.2, 0.25) is 0 Å². The van der Waals surface area contributed by atoms with Crippen molar-refractivity contribution in [3.05, 3.63) is 29.6 Å². The van der Waals surface area contributed by atoms with Gasteiger partial charge in [0.1, 0.15) is 5.82 Å². The fraction of sp³-hybridized carbons (Fsp3) is 0.667. The molecule has 21 heavy (non-hydrogen) atoms. The zero-order chi connectivity index (χ0) is 15.2. The largest absolute Gasteiger partial charge is 0.312 e. The van der Waals surface area contributed by atoms with Crippen LogP contribution in [-0.4, -0.2) is 11.8 Å². The molecule has 0 heterocycles.